The molecular formula is C15H16ClN3O4. The fraction of sp³-hybridized carbons (Fsp3) is 0.267. The van der Waals surface area contributed by atoms with E-state index in [0.29, 0.717) is 11.3 Å². The van der Waals surface area contributed by atoms with Crippen molar-refractivity contribution >= 4 is 29.2 Å². The molecule has 23 heavy (non-hydrogen) atoms. The van der Waals surface area contributed by atoms with Gasteiger partial charge in [0.15, 0.2) is 6.61 Å². The highest BCUT2D eigenvalue weighted by Gasteiger charge is 2.11. The smallest absolute Gasteiger partial charge is 0.341 e. The monoisotopic (exact) mass is 337 g/mol. The van der Waals surface area contributed by atoms with E-state index in [1.807, 2.05) is 6.92 Å². The van der Waals surface area contributed by atoms with Crippen molar-refractivity contribution in [2.45, 2.75) is 19.9 Å². The third-order valence-electron chi connectivity index (χ3n) is 2.89. The van der Waals surface area contributed by atoms with Gasteiger partial charge in [0, 0.05) is 18.4 Å². The van der Waals surface area contributed by atoms with E-state index in [9.17, 15) is 9.59 Å². The Morgan fingerprint density at radius 2 is 2.22 bits per heavy atom. The number of hydrogen-bond acceptors (Lipinski definition) is 4. The summed E-state index contributed by atoms with van der Waals surface area (Å²) in [6, 6.07) is 4.58. The van der Waals surface area contributed by atoms with Gasteiger partial charge in [0.25, 0.3) is 5.91 Å². The summed E-state index contributed by atoms with van der Waals surface area (Å²) in [5.74, 6) is -1.16. The Balaban J connectivity index is 2.02. The minimum absolute atomic E-state index is 0.214. The molecule has 0 unspecified atom stereocenters. The second-order valence-electron chi connectivity index (χ2n) is 4.77. The number of nitrogens with zero attached hydrogens (tertiary/aromatic N) is 2. The minimum Gasteiger partial charge on any atom is -0.480 e. The number of benzene rings is 1. The zero-order valence-electron chi connectivity index (χ0n) is 12.5. The van der Waals surface area contributed by atoms with Crippen LogP contribution in [-0.2, 0) is 11.3 Å². The van der Waals surface area contributed by atoms with E-state index in [1.165, 1.54) is 18.3 Å². The van der Waals surface area contributed by atoms with Crippen molar-refractivity contribution in [3.8, 4) is 5.75 Å². The largest absolute Gasteiger partial charge is 0.480 e. The lowest BCUT2D eigenvalue weighted by molar-refractivity contribution is -0.139. The summed E-state index contributed by atoms with van der Waals surface area (Å²) < 4.78 is 6.71. The van der Waals surface area contributed by atoms with Crippen LogP contribution in [0, 0.1) is 0 Å². The quantitative estimate of drug-likeness (QED) is 0.810. The predicted octanol–water partition coefficient (Wildman–Crippen LogP) is 2.66. The molecule has 0 aliphatic carbocycles. The van der Waals surface area contributed by atoms with Crippen LogP contribution >= 0.6 is 11.6 Å². The molecule has 0 saturated heterocycles. The number of halogens is 1. The van der Waals surface area contributed by atoms with Crippen molar-refractivity contribution in [3.63, 3.8) is 0 Å². The fourth-order valence-corrected chi connectivity index (χ4v) is 2.11. The topological polar surface area (TPSA) is 93.5 Å². The van der Waals surface area contributed by atoms with Crippen LogP contribution in [0.15, 0.2) is 30.6 Å². The Morgan fingerprint density at radius 1 is 1.43 bits per heavy atom. The van der Waals surface area contributed by atoms with Gasteiger partial charge in [-0.2, -0.15) is 5.10 Å². The molecule has 8 heteroatoms. The van der Waals surface area contributed by atoms with Gasteiger partial charge < -0.3 is 15.2 Å². The van der Waals surface area contributed by atoms with Crippen LogP contribution in [0.25, 0.3) is 0 Å². The van der Waals surface area contributed by atoms with E-state index in [2.05, 4.69) is 10.4 Å². The molecule has 1 aromatic heterocycles. The third kappa shape index (κ3) is 4.72. The standard InChI is InChI=1S/C15H16ClN3O4/c1-2-5-19-8-10(7-17-19)15(22)18-11-3-4-13(12(16)6-11)23-9-14(20)21/h3-4,6-8H,2,5,9H2,1H3,(H,18,22)(H,20,21). The van der Waals surface area contributed by atoms with Gasteiger partial charge in [-0.15, -0.1) is 0 Å². The van der Waals surface area contributed by atoms with Gasteiger partial charge in [0.05, 0.1) is 16.8 Å². The summed E-state index contributed by atoms with van der Waals surface area (Å²) in [6.07, 6.45) is 4.10. The van der Waals surface area contributed by atoms with E-state index >= 15 is 0 Å². The minimum atomic E-state index is -1.09. The van der Waals surface area contributed by atoms with Crippen molar-refractivity contribution in [1.29, 1.82) is 0 Å². The maximum Gasteiger partial charge on any atom is 0.341 e. The molecule has 0 atom stereocenters. The molecule has 0 bridgehead atoms. The molecular weight excluding hydrogens is 322 g/mol. The first-order chi connectivity index (χ1) is 11.0. The summed E-state index contributed by atoms with van der Waals surface area (Å²) in [7, 11) is 0. The highest BCUT2D eigenvalue weighted by Crippen LogP contribution is 2.27. The Morgan fingerprint density at radius 3 is 2.87 bits per heavy atom. The molecule has 1 aromatic carbocycles. The highest BCUT2D eigenvalue weighted by molar-refractivity contribution is 6.32. The number of rotatable bonds is 7. The average molecular weight is 338 g/mol. The highest BCUT2D eigenvalue weighted by atomic mass is 35.5. The molecule has 0 spiro atoms. The first kappa shape index (κ1) is 16.8. The molecule has 7 nitrogen and oxygen atoms in total. The number of ether oxygens (including phenoxy) is 1. The SMILES string of the molecule is CCCn1cc(C(=O)Nc2ccc(OCC(=O)O)c(Cl)c2)cn1. The van der Waals surface area contributed by atoms with Gasteiger partial charge in [-0.05, 0) is 24.6 Å². The normalized spacial score (nSPS) is 10.3. The molecule has 0 fully saturated rings. The first-order valence-electron chi connectivity index (χ1n) is 6.97. The van der Waals surface area contributed by atoms with E-state index in [-0.39, 0.29) is 16.7 Å². The number of amides is 1. The molecule has 122 valence electrons. The van der Waals surface area contributed by atoms with Crippen LogP contribution in [-0.4, -0.2) is 33.4 Å². The Bertz CT molecular complexity index is 714. The summed E-state index contributed by atoms with van der Waals surface area (Å²) in [5, 5.41) is 15.6. The Kier molecular flexibility index (Phi) is 5.59. The zero-order chi connectivity index (χ0) is 16.8. The summed E-state index contributed by atoms with van der Waals surface area (Å²) in [5.41, 5.74) is 0.923. The van der Waals surface area contributed by atoms with Crippen molar-refractivity contribution in [3.05, 3.63) is 41.2 Å². The van der Waals surface area contributed by atoms with Crippen LogP contribution in [0.4, 0.5) is 5.69 Å². The predicted molar refractivity (Wildman–Crippen MR) is 85.1 cm³/mol. The molecule has 0 aliphatic rings. The number of aryl methyl sites for hydroxylation is 1. The van der Waals surface area contributed by atoms with Gasteiger partial charge >= 0.3 is 5.97 Å². The molecule has 2 aromatic rings. The van der Waals surface area contributed by atoms with Crippen LogP contribution in [0.2, 0.25) is 5.02 Å². The zero-order valence-corrected chi connectivity index (χ0v) is 13.2. The van der Waals surface area contributed by atoms with Crippen molar-refractivity contribution in [1.82, 2.24) is 9.78 Å². The number of aromatic nitrogens is 2. The summed E-state index contributed by atoms with van der Waals surface area (Å²) >= 11 is 6.00. The number of aliphatic carboxylic acids is 1. The lowest BCUT2D eigenvalue weighted by atomic mass is 10.2. The average Bonchev–Trinajstić information content (AvgIpc) is 2.95. The number of nitrogens with one attached hydrogen (secondary N) is 1. The lowest BCUT2D eigenvalue weighted by Crippen LogP contribution is -2.12. The molecule has 2 rings (SSSR count). The van der Waals surface area contributed by atoms with E-state index in [4.69, 9.17) is 21.4 Å². The second-order valence-corrected chi connectivity index (χ2v) is 5.18. The summed E-state index contributed by atoms with van der Waals surface area (Å²) in [6.45, 7) is 2.29. The van der Waals surface area contributed by atoms with Gasteiger partial charge in [-0.1, -0.05) is 18.5 Å². The van der Waals surface area contributed by atoms with Crippen molar-refractivity contribution < 1.29 is 19.4 Å². The van der Waals surface area contributed by atoms with E-state index < -0.39 is 12.6 Å². The van der Waals surface area contributed by atoms with Crippen molar-refractivity contribution in [2.24, 2.45) is 0 Å². The van der Waals surface area contributed by atoms with E-state index in [1.54, 1.807) is 16.9 Å². The third-order valence-corrected chi connectivity index (χ3v) is 3.18. The number of hydrogen-bond donors (Lipinski definition) is 2. The number of carboxylic acids is 1. The van der Waals surface area contributed by atoms with Gasteiger partial charge in [0.1, 0.15) is 5.75 Å². The number of carboxylic acid groups (broad SMARTS) is 1. The fourth-order valence-electron chi connectivity index (χ4n) is 1.87. The Labute approximate surface area is 137 Å². The molecule has 0 saturated carbocycles. The first-order valence-corrected chi connectivity index (χ1v) is 7.35. The van der Waals surface area contributed by atoms with Gasteiger partial charge in [-0.25, -0.2) is 4.79 Å². The maximum absolute atomic E-state index is 12.1. The van der Waals surface area contributed by atoms with Crippen LogP contribution in [0.5, 0.6) is 5.75 Å². The van der Waals surface area contributed by atoms with Gasteiger partial charge in [-0.3, -0.25) is 9.48 Å². The van der Waals surface area contributed by atoms with Crippen LogP contribution in [0.1, 0.15) is 23.7 Å². The maximum atomic E-state index is 12.1. The van der Waals surface area contributed by atoms with Crippen molar-refractivity contribution in [2.75, 3.05) is 11.9 Å². The molecule has 0 aliphatic heterocycles. The van der Waals surface area contributed by atoms with Gasteiger partial charge in [0.2, 0.25) is 0 Å². The van der Waals surface area contributed by atoms with E-state index in [0.717, 1.165) is 13.0 Å². The molecule has 1 heterocycles. The molecule has 2 N–H and O–H groups in total. The lowest BCUT2D eigenvalue weighted by Gasteiger charge is -2.08. The van der Waals surface area contributed by atoms with Crippen LogP contribution < -0.4 is 10.1 Å². The Hall–Kier alpha value is -2.54. The number of carbonyl (C=O) groups excluding carboxylic acids is 1. The summed E-state index contributed by atoms with van der Waals surface area (Å²) in [4.78, 5) is 22.6. The number of carbonyl (C=O) groups is 2. The van der Waals surface area contributed by atoms with Crippen LogP contribution in [0.3, 0.4) is 0 Å². The molecule has 0 radical (unpaired) electrons. The molecule has 1 amide bonds. The second kappa shape index (κ2) is 7.64. The number of anilines is 1.